The highest BCUT2D eigenvalue weighted by Gasteiger charge is 2.62. The molecule has 5 heteroatoms. The van der Waals surface area contributed by atoms with E-state index >= 15 is 10.2 Å². The molecule has 12 aromatic rings. The molecular formula is C68H51NO4. The van der Waals surface area contributed by atoms with E-state index in [0.717, 1.165) is 82.9 Å². The summed E-state index contributed by atoms with van der Waals surface area (Å²) < 4.78 is 14.2. The van der Waals surface area contributed by atoms with Gasteiger partial charge in [0.2, 0.25) is 5.72 Å². The Balaban J connectivity index is 1.15. The van der Waals surface area contributed by atoms with Crippen molar-refractivity contribution in [1.29, 1.82) is 0 Å². The quantitative estimate of drug-likeness (QED) is 0.156. The third-order valence-corrected chi connectivity index (χ3v) is 16.2. The van der Waals surface area contributed by atoms with Crippen molar-refractivity contribution in [3.8, 4) is 44.5 Å². The summed E-state index contributed by atoms with van der Waals surface area (Å²) in [5, 5.41) is 33.9. The lowest BCUT2D eigenvalue weighted by molar-refractivity contribution is -0.136. The molecule has 0 saturated heterocycles. The Morgan fingerprint density at radius 1 is 0.425 bits per heavy atom. The van der Waals surface area contributed by atoms with Gasteiger partial charge in [0, 0.05) is 60.6 Å². The zero-order valence-electron chi connectivity index (χ0n) is 41.0. The topological polar surface area (TPSA) is 70.0 Å². The second-order valence-corrected chi connectivity index (χ2v) is 20.8. The minimum atomic E-state index is -2.25. The number of aliphatic hydroxyl groups is 2. The minimum absolute atomic E-state index is 0.176. The molecule has 0 bridgehead atoms. The Morgan fingerprint density at radius 2 is 1.03 bits per heavy atom. The third-order valence-electron chi connectivity index (χ3n) is 16.2. The second-order valence-electron chi connectivity index (χ2n) is 20.8. The van der Waals surface area contributed by atoms with E-state index in [-0.39, 0.29) is 11.3 Å². The van der Waals surface area contributed by atoms with Crippen LogP contribution in [-0.2, 0) is 16.7 Å². The molecule has 14 rings (SSSR count). The largest absolute Gasteiger partial charge is 0.456 e. The Hall–Kier alpha value is -8.48. The lowest BCUT2D eigenvalue weighted by atomic mass is 9.64. The van der Waals surface area contributed by atoms with Gasteiger partial charge in [0.25, 0.3) is 0 Å². The van der Waals surface area contributed by atoms with Gasteiger partial charge in [-0.1, -0.05) is 204 Å². The number of para-hydroxylation sites is 2. The lowest BCUT2D eigenvalue weighted by Crippen LogP contribution is -2.61. The number of anilines is 2. The number of hydrogen-bond donors (Lipinski definition) is 2. The maximum atomic E-state index is 15.3. The summed E-state index contributed by atoms with van der Waals surface area (Å²) in [7, 11) is 0. The van der Waals surface area contributed by atoms with Gasteiger partial charge in [0.05, 0.1) is 0 Å². The fraction of sp³-hybridized carbons (Fsp3) is 0.118. The van der Waals surface area contributed by atoms with E-state index in [4.69, 9.17) is 8.83 Å². The molecule has 2 aliphatic rings. The highest BCUT2D eigenvalue weighted by molar-refractivity contribution is 6.21. The Labute approximate surface area is 423 Å². The summed E-state index contributed by atoms with van der Waals surface area (Å²) in [6, 6.07) is 74.5. The number of rotatable bonds is 7. The van der Waals surface area contributed by atoms with E-state index in [9.17, 15) is 0 Å². The van der Waals surface area contributed by atoms with Gasteiger partial charge >= 0.3 is 0 Å². The second kappa shape index (κ2) is 15.8. The predicted octanol–water partition coefficient (Wildman–Crippen LogP) is 17.1. The van der Waals surface area contributed by atoms with Gasteiger partial charge in [-0.05, 0) is 104 Å². The Bertz CT molecular complexity index is 4170. The van der Waals surface area contributed by atoms with E-state index in [1.54, 1.807) is 0 Å². The van der Waals surface area contributed by atoms with Crippen molar-refractivity contribution in [1.82, 2.24) is 0 Å². The molecule has 2 N–H and O–H groups in total. The van der Waals surface area contributed by atoms with Crippen molar-refractivity contribution in [3.05, 3.63) is 252 Å². The SMILES string of the molecule is CC(C)c1cccc2c1oc1ccc3c(c12)-c1c(ccc2c1oc1cccc(-c4ccccc4)c12)C(O)(c1ccc(-c2ccccc2)cc1)C3(O)N(c1ccccc1)c1ccc2c(c1)C(C)(C)c1ccccc1-2. The molecule has 0 radical (unpaired) electrons. The molecule has 2 aliphatic carbocycles. The highest BCUT2D eigenvalue weighted by Crippen LogP contribution is 2.63. The van der Waals surface area contributed by atoms with Crippen LogP contribution in [0.2, 0.25) is 0 Å². The molecule has 2 atom stereocenters. The van der Waals surface area contributed by atoms with Gasteiger partial charge < -0.3 is 23.9 Å². The van der Waals surface area contributed by atoms with Crippen LogP contribution in [0.15, 0.2) is 227 Å². The molecule has 2 unspecified atom stereocenters. The maximum absolute atomic E-state index is 15.3. The van der Waals surface area contributed by atoms with Crippen molar-refractivity contribution < 1.29 is 19.0 Å². The summed E-state index contributed by atoms with van der Waals surface area (Å²) >= 11 is 0. The molecule has 0 fully saturated rings. The zero-order valence-corrected chi connectivity index (χ0v) is 41.0. The van der Waals surface area contributed by atoms with Gasteiger partial charge in [-0.15, -0.1) is 0 Å². The van der Waals surface area contributed by atoms with E-state index < -0.39 is 11.3 Å². The Morgan fingerprint density at radius 3 is 1.78 bits per heavy atom. The summed E-state index contributed by atoms with van der Waals surface area (Å²) in [6.07, 6.45) is 0. The van der Waals surface area contributed by atoms with Gasteiger partial charge in [0.15, 0.2) is 5.60 Å². The van der Waals surface area contributed by atoms with Crippen LogP contribution in [0.5, 0.6) is 0 Å². The van der Waals surface area contributed by atoms with Crippen LogP contribution in [0.1, 0.15) is 67.0 Å². The predicted molar refractivity (Wildman–Crippen MR) is 297 cm³/mol. The average molecular weight is 946 g/mol. The molecule has 2 aromatic heterocycles. The first-order valence-corrected chi connectivity index (χ1v) is 25.3. The molecule has 352 valence electrons. The molecule has 0 aliphatic heterocycles. The summed E-state index contributed by atoms with van der Waals surface area (Å²) in [5.41, 5.74) is 12.4. The van der Waals surface area contributed by atoms with Crippen molar-refractivity contribution >= 4 is 55.3 Å². The fourth-order valence-corrected chi connectivity index (χ4v) is 12.7. The van der Waals surface area contributed by atoms with Crippen molar-refractivity contribution in [2.75, 3.05) is 4.90 Å². The number of furan rings is 2. The number of benzene rings is 10. The molecule has 2 heterocycles. The lowest BCUT2D eigenvalue weighted by Gasteiger charge is -2.54. The van der Waals surface area contributed by atoms with Crippen molar-refractivity contribution in [3.63, 3.8) is 0 Å². The first kappa shape index (κ1) is 43.3. The van der Waals surface area contributed by atoms with E-state index in [1.165, 1.54) is 11.1 Å². The zero-order chi connectivity index (χ0) is 49.4. The van der Waals surface area contributed by atoms with E-state index in [0.29, 0.717) is 39.1 Å². The van der Waals surface area contributed by atoms with Gasteiger partial charge in [0.1, 0.15) is 22.3 Å². The van der Waals surface area contributed by atoms with E-state index in [2.05, 4.69) is 137 Å². The summed E-state index contributed by atoms with van der Waals surface area (Å²) in [5.74, 6) is 0.176. The van der Waals surface area contributed by atoms with Crippen molar-refractivity contribution in [2.45, 2.75) is 50.4 Å². The Kier molecular flexibility index (Phi) is 9.35. The van der Waals surface area contributed by atoms with Crippen LogP contribution in [0.4, 0.5) is 11.4 Å². The van der Waals surface area contributed by atoms with Crippen LogP contribution in [0.3, 0.4) is 0 Å². The number of hydrogen-bond acceptors (Lipinski definition) is 5. The molecule has 0 spiro atoms. The van der Waals surface area contributed by atoms with Crippen LogP contribution < -0.4 is 4.90 Å². The molecular weight excluding hydrogens is 895 g/mol. The van der Waals surface area contributed by atoms with Crippen LogP contribution in [-0.4, -0.2) is 10.2 Å². The van der Waals surface area contributed by atoms with Crippen LogP contribution >= 0.6 is 0 Å². The monoisotopic (exact) mass is 945 g/mol. The van der Waals surface area contributed by atoms with Gasteiger partial charge in [-0.2, -0.15) is 0 Å². The normalized spacial score (nSPS) is 17.5. The third kappa shape index (κ3) is 5.98. The molecule has 5 nitrogen and oxygen atoms in total. The molecule has 0 amide bonds. The van der Waals surface area contributed by atoms with Crippen LogP contribution in [0.25, 0.3) is 88.4 Å². The maximum Gasteiger partial charge on any atom is 0.207 e. The number of fused-ring (bicyclic) bond motifs is 14. The van der Waals surface area contributed by atoms with Crippen molar-refractivity contribution in [2.24, 2.45) is 0 Å². The smallest absolute Gasteiger partial charge is 0.207 e. The van der Waals surface area contributed by atoms with Gasteiger partial charge in [-0.25, -0.2) is 0 Å². The molecule has 10 aromatic carbocycles. The molecule has 0 saturated carbocycles. The molecule has 73 heavy (non-hydrogen) atoms. The van der Waals surface area contributed by atoms with Gasteiger partial charge in [-0.3, -0.25) is 0 Å². The number of nitrogens with zero attached hydrogens (tertiary/aromatic N) is 1. The average Bonchev–Trinajstić information content (AvgIpc) is 4.08. The standard InChI is InChI=1S/C68H51NO4/c1-41(2)48-25-16-27-52-61-59(72-64(48)52)39-38-56-62(61)63-55(37-36-53-60-49(44-20-10-6-11-21-44)26-17-29-58(60)73-65(53)63)67(70,45-32-30-43(31-33-45)42-18-8-5-9-19-42)68(56,71)69(46-22-12-7-13-23-46)47-34-35-51-50-24-14-15-28-54(50)66(3,4)57(51)40-47/h5-41,70-71H,1-4H3. The first-order valence-electron chi connectivity index (χ1n) is 25.3. The van der Waals surface area contributed by atoms with E-state index in [1.807, 2.05) is 114 Å². The fourth-order valence-electron chi connectivity index (χ4n) is 12.7. The van der Waals surface area contributed by atoms with Crippen LogP contribution in [0, 0.1) is 0 Å². The highest BCUT2D eigenvalue weighted by atomic mass is 16.4. The minimum Gasteiger partial charge on any atom is -0.456 e. The summed E-state index contributed by atoms with van der Waals surface area (Å²) in [6.45, 7) is 8.91. The first-order chi connectivity index (χ1) is 35.6. The summed E-state index contributed by atoms with van der Waals surface area (Å²) in [4.78, 5) is 1.98.